The molecule has 1 atom stereocenters. The second kappa shape index (κ2) is 13.6. The largest absolute Gasteiger partial charge is 0.238 e. The standard InChI is InChI=1S/CH4B10I2P/c1-2-3-4-6-9-14-10-7-5-8-11(12)13/h14H,1H3. The molecule has 14 heavy (non-hydrogen) atoms. The summed E-state index contributed by atoms with van der Waals surface area (Å²) in [4.78, 5) is 0. The summed E-state index contributed by atoms with van der Waals surface area (Å²) in [7, 11) is 15.3. The summed E-state index contributed by atoms with van der Waals surface area (Å²) >= 11 is 4.74. The fraction of sp³-hybridized carbons (Fsp3) is 1.00. The first-order valence-corrected chi connectivity index (χ1v) is 7.90. The van der Waals surface area contributed by atoms with Gasteiger partial charge in [0.05, 0.1) is 28.0 Å². The summed E-state index contributed by atoms with van der Waals surface area (Å²) in [6.45, 7) is 6.35. The van der Waals surface area contributed by atoms with E-state index in [1.165, 1.54) is 0 Å². The van der Waals surface area contributed by atoms with Gasteiger partial charge in [-0.05, 0) is 0 Å². The molecule has 1 unspecified atom stereocenters. The van der Waals surface area contributed by atoms with Gasteiger partial charge in [0.15, 0.2) is 0 Å². The zero-order valence-corrected chi connectivity index (χ0v) is 13.3. The zero-order valence-electron chi connectivity index (χ0n) is 8.03. The van der Waals surface area contributed by atoms with Crippen LogP contribution in [0.15, 0.2) is 0 Å². The molecule has 0 bridgehead atoms. The highest BCUT2D eigenvalue weighted by Gasteiger charge is 2.04. The van der Waals surface area contributed by atoms with Crippen molar-refractivity contribution in [3.05, 3.63) is 0 Å². The summed E-state index contributed by atoms with van der Waals surface area (Å²) < 4.78 is 0.580. The predicted octanol–water partition coefficient (Wildman–Crippen LogP) is -0.859. The van der Waals surface area contributed by atoms with Crippen LogP contribution in [0.1, 0.15) is 0 Å². The number of rotatable bonds is 10. The minimum Gasteiger partial charge on any atom is -0.220 e. The van der Waals surface area contributed by atoms with Crippen molar-refractivity contribution in [3.63, 3.8) is 0 Å². The van der Waals surface area contributed by atoms with Crippen LogP contribution in [0.25, 0.3) is 0 Å². The van der Waals surface area contributed by atoms with Gasteiger partial charge in [0, 0.05) is 35.3 Å². The molecule has 0 heterocycles. The quantitative estimate of drug-likeness (QED) is 0.191. The molecule has 0 N–H and O–H groups in total. The first-order valence-electron chi connectivity index (χ1n) is 4.26. The van der Waals surface area contributed by atoms with Gasteiger partial charge in [-0.1, -0.05) is 0 Å². The molecular formula is CH4B10I2P. The van der Waals surface area contributed by atoms with E-state index >= 15 is 0 Å². The maximum absolute atomic E-state index is 2.37. The van der Waals surface area contributed by atoms with Crippen LogP contribution < -0.4 is 0 Å². The highest BCUT2D eigenvalue weighted by atomic mass is 127. The van der Waals surface area contributed by atoms with Gasteiger partial charge in [-0.3, -0.25) is 0 Å². The van der Waals surface area contributed by atoms with Gasteiger partial charge >= 0.3 is 0 Å². The summed E-state index contributed by atoms with van der Waals surface area (Å²) in [5.74, 6) is 0. The molecule has 57 valence electrons. The van der Waals surface area contributed by atoms with Crippen molar-refractivity contribution < 1.29 is 0 Å². The summed E-state index contributed by atoms with van der Waals surface area (Å²) in [6, 6.07) is 0. The Kier molecular flexibility index (Phi) is 16.1. The minimum absolute atomic E-state index is 0.580. The maximum Gasteiger partial charge on any atom is 0.238 e. The minimum atomic E-state index is 0.580. The van der Waals surface area contributed by atoms with Crippen molar-refractivity contribution in [2.45, 2.75) is 6.82 Å². The highest BCUT2D eigenvalue weighted by Crippen LogP contribution is 2.01. The Balaban J connectivity index is 2.85. The molecule has 0 fully saturated rings. The molecule has 0 amide bonds. The van der Waals surface area contributed by atoms with E-state index in [1.807, 2.05) is 28.1 Å². The Morgan fingerprint density at radius 3 is 2.14 bits per heavy atom. The van der Waals surface area contributed by atoms with E-state index in [9.17, 15) is 0 Å². The molecule has 0 aliphatic carbocycles. The van der Waals surface area contributed by atoms with Crippen LogP contribution in [0.3, 0.4) is 0 Å². The third kappa shape index (κ3) is 14.5. The van der Waals surface area contributed by atoms with Crippen LogP contribution in [-0.2, 0) is 0 Å². The van der Waals surface area contributed by atoms with Gasteiger partial charge in [0.1, 0.15) is 0 Å². The topological polar surface area (TPSA) is 0 Å². The monoisotopic (exact) mass is 411 g/mol. The van der Waals surface area contributed by atoms with Gasteiger partial charge in [-0.2, -0.15) is 0 Å². The fourth-order valence-corrected chi connectivity index (χ4v) is 1.64. The van der Waals surface area contributed by atoms with E-state index in [2.05, 4.69) is 86.8 Å². The lowest BCUT2D eigenvalue weighted by atomic mass is 9.04. The van der Waals surface area contributed by atoms with Crippen LogP contribution in [0.5, 0.6) is 0 Å². The summed E-state index contributed by atoms with van der Waals surface area (Å²) in [5.41, 5.74) is 0. The molecule has 0 aromatic rings. The Morgan fingerprint density at radius 1 is 0.929 bits per heavy atom. The third-order valence-electron chi connectivity index (χ3n) is 1.17. The first kappa shape index (κ1) is 16.5. The highest BCUT2D eigenvalue weighted by molar-refractivity contribution is 14.3. The number of halogens is 2. The molecule has 0 rings (SSSR count). The van der Waals surface area contributed by atoms with Crippen LogP contribution in [-0.4, -0.2) is 65.6 Å². The molecule has 0 aromatic carbocycles. The van der Waals surface area contributed by atoms with Crippen LogP contribution in [0.2, 0.25) is 6.82 Å². The van der Waals surface area contributed by atoms with Crippen molar-refractivity contribution in [2.24, 2.45) is 0 Å². The molecule has 0 aromatic heterocycles. The molecule has 0 aliphatic heterocycles. The van der Waals surface area contributed by atoms with E-state index < -0.39 is 0 Å². The Bertz CT molecular complexity index is 112. The number of hydrogen-bond donors (Lipinski definition) is 0. The van der Waals surface area contributed by atoms with Crippen molar-refractivity contribution in [2.75, 3.05) is 0 Å². The lowest BCUT2D eigenvalue weighted by Crippen LogP contribution is -2.25. The van der Waals surface area contributed by atoms with E-state index in [-0.39, 0.29) is 0 Å². The Hall–Kier alpha value is 2.54. The van der Waals surface area contributed by atoms with Crippen LogP contribution in [0, 0.1) is 0 Å². The van der Waals surface area contributed by atoms with Crippen LogP contribution >= 0.6 is 53.1 Å². The average molecular weight is 409 g/mol. The first-order chi connectivity index (χ1) is 6.77. The lowest BCUT2D eigenvalue weighted by Gasteiger charge is -1.97. The fourth-order valence-electron chi connectivity index (χ4n) is 0.601. The maximum atomic E-state index is 2.37. The molecule has 13 heteroatoms. The molecule has 9 radical (unpaired) electrons. The Morgan fingerprint density at radius 2 is 1.57 bits per heavy atom. The van der Waals surface area contributed by atoms with E-state index in [1.54, 1.807) is 0 Å². The van der Waals surface area contributed by atoms with Gasteiger partial charge in [0.2, 0.25) is 2.32 Å². The van der Waals surface area contributed by atoms with E-state index in [4.69, 9.17) is 0 Å². The molecule has 0 aliphatic rings. The predicted molar refractivity (Wildman–Crippen MR) is 99.8 cm³/mol. The van der Waals surface area contributed by atoms with Crippen molar-refractivity contribution in [1.29, 1.82) is 0 Å². The summed E-state index contributed by atoms with van der Waals surface area (Å²) in [5, 5.41) is 0. The molecule has 0 nitrogen and oxygen atoms in total. The van der Waals surface area contributed by atoms with Gasteiger partial charge in [0.25, 0.3) is 0 Å². The molecule has 0 saturated carbocycles. The summed E-state index contributed by atoms with van der Waals surface area (Å²) in [6.07, 6.45) is 0. The smallest absolute Gasteiger partial charge is 0.220 e. The van der Waals surface area contributed by atoms with Gasteiger partial charge in [-0.25, -0.2) is 8.34 Å². The van der Waals surface area contributed by atoms with Crippen molar-refractivity contribution in [1.82, 2.24) is 0 Å². The Labute approximate surface area is 124 Å². The molecule has 0 spiro atoms. The van der Waals surface area contributed by atoms with Crippen molar-refractivity contribution >= 4 is 119 Å². The zero-order chi connectivity index (χ0) is 10.6. The third-order valence-corrected chi connectivity index (χ3v) is 2.77. The number of hydrogen-bond acceptors (Lipinski definition) is 0. The van der Waals surface area contributed by atoms with Crippen molar-refractivity contribution in [3.8, 4) is 0 Å². The van der Waals surface area contributed by atoms with Gasteiger partial charge in [-0.15, -0.1) is 51.6 Å². The molecular weight excluding hydrogens is 405 g/mol. The van der Waals surface area contributed by atoms with E-state index in [0.29, 0.717) is 2.32 Å². The lowest BCUT2D eigenvalue weighted by molar-refractivity contribution is 2.37. The van der Waals surface area contributed by atoms with Crippen LogP contribution in [0.4, 0.5) is 0 Å². The second-order valence-corrected chi connectivity index (χ2v) is 8.39. The normalized spacial score (nSPS) is 8.79. The molecule has 0 saturated heterocycles. The second-order valence-electron chi connectivity index (χ2n) is 2.32. The average Bonchev–Trinajstić information content (AvgIpc) is 2.15. The van der Waals surface area contributed by atoms with E-state index in [0.717, 1.165) is 8.34 Å². The SMILES string of the molecule is C[B][B][B][B][B]P[B][B][B][B]B(I)I. The van der Waals surface area contributed by atoms with Gasteiger partial charge < -0.3 is 0 Å².